The van der Waals surface area contributed by atoms with Gasteiger partial charge in [-0.05, 0) is 24.3 Å². The van der Waals surface area contributed by atoms with Crippen LogP contribution in [0.1, 0.15) is 0 Å². The molecule has 2 heteroatoms. The summed E-state index contributed by atoms with van der Waals surface area (Å²) >= 11 is 0. The van der Waals surface area contributed by atoms with Gasteiger partial charge in [0.25, 0.3) is 0 Å². The Morgan fingerprint density at radius 3 is 2.53 bits per heavy atom. The zero-order chi connectivity index (χ0) is 11.7. The summed E-state index contributed by atoms with van der Waals surface area (Å²) in [5, 5.41) is 4.25. The third-order valence-electron chi connectivity index (χ3n) is 2.86. The Labute approximate surface area is 99.9 Å². The van der Waals surface area contributed by atoms with Crippen molar-refractivity contribution < 1.29 is 4.42 Å². The highest BCUT2D eigenvalue weighted by Crippen LogP contribution is 2.29. The SMILES string of the molecule is CNc1ccc2oc(-c3ccccc3)cc2c1. The smallest absolute Gasteiger partial charge is 0.135 e. The van der Waals surface area contributed by atoms with E-state index in [0.29, 0.717) is 0 Å². The summed E-state index contributed by atoms with van der Waals surface area (Å²) in [5.41, 5.74) is 3.12. The van der Waals surface area contributed by atoms with Crippen LogP contribution in [0.4, 0.5) is 5.69 Å². The normalized spacial score (nSPS) is 10.6. The summed E-state index contributed by atoms with van der Waals surface area (Å²) in [6.45, 7) is 0. The van der Waals surface area contributed by atoms with Crippen molar-refractivity contribution in [3.63, 3.8) is 0 Å². The summed E-state index contributed by atoms with van der Waals surface area (Å²) in [5.74, 6) is 0.911. The Morgan fingerprint density at radius 1 is 0.941 bits per heavy atom. The second-order valence-electron chi connectivity index (χ2n) is 3.98. The number of nitrogens with one attached hydrogen (secondary N) is 1. The van der Waals surface area contributed by atoms with Gasteiger partial charge in [0.15, 0.2) is 0 Å². The summed E-state index contributed by atoms with van der Waals surface area (Å²) in [4.78, 5) is 0. The predicted octanol–water partition coefficient (Wildman–Crippen LogP) is 4.14. The van der Waals surface area contributed by atoms with E-state index in [-0.39, 0.29) is 0 Å². The van der Waals surface area contributed by atoms with E-state index in [2.05, 4.69) is 29.6 Å². The van der Waals surface area contributed by atoms with E-state index in [0.717, 1.165) is 28.0 Å². The molecule has 0 unspecified atom stereocenters. The lowest BCUT2D eigenvalue weighted by molar-refractivity contribution is 0.631. The maximum absolute atomic E-state index is 5.83. The third-order valence-corrected chi connectivity index (χ3v) is 2.86. The van der Waals surface area contributed by atoms with Gasteiger partial charge in [0, 0.05) is 23.7 Å². The highest BCUT2D eigenvalue weighted by molar-refractivity contribution is 5.85. The molecule has 1 N–H and O–H groups in total. The molecule has 0 aliphatic carbocycles. The van der Waals surface area contributed by atoms with Crippen LogP contribution in [0.2, 0.25) is 0 Å². The van der Waals surface area contributed by atoms with Crippen LogP contribution >= 0.6 is 0 Å². The van der Waals surface area contributed by atoms with Crippen molar-refractivity contribution in [3.8, 4) is 11.3 Å². The monoisotopic (exact) mass is 223 g/mol. The number of hydrogen-bond donors (Lipinski definition) is 1. The van der Waals surface area contributed by atoms with Crippen LogP contribution in [0.3, 0.4) is 0 Å². The van der Waals surface area contributed by atoms with Crippen LogP contribution in [-0.4, -0.2) is 7.05 Å². The van der Waals surface area contributed by atoms with Crippen LogP contribution in [0.15, 0.2) is 59.0 Å². The van der Waals surface area contributed by atoms with Gasteiger partial charge in [-0.3, -0.25) is 0 Å². The number of hydrogen-bond acceptors (Lipinski definition) is 2. The van der Waals surface area contributed by atoms with E-state index in [1.54, 1.807) is 0 Å². The Morgan fingerprint density at radius 2 is 1.76 bits per heavy atom. The van der Waals surface area contributed by atoms with Crippen LogP contribution in [-0.2, 0) is 0 Å². The minimum Gasteiger partial charge on any atom is -0.456 e. The van der Waals surface area contributed by atoms with Gasteiger partial charge in [-0.1, -0.05) is 30.3 Å². The molecule has 1 aromatic heterocycles. The van der Waals surface area contributed by atoms with Gasteiger partial charge in [-0.2, -0.15) is 0 Å². The first-order valence-corrected chi connectivity index (χ1v) is 5.63. The molecular formula is C15H13NO. The molecule has 0 spiro atoms. The molecule has 0 aliphatic heterocycles. The second-order valence-corrected chi connectivity index (χ2v) is 3.98. The average molecular weight is 223 g/mol. The third kappa shape index (κ3) is 1.78. The van der Waals surface area contributed by atoms with Gasteiger partial charge < -0.3 is 9.73 Å². The van der Waals surface area contributed by atoms with Crippen LogP contribution in [0.25, 0.3) is 22.3 Å². The molecule has 0 saturated heterocycles. The van der Waals surface area contributed by atoms with Gasteiger partial charge in [0.05, 0.1) is 0 Å². The fraction of sp³-hybridized carbons (Fsp3) is 0.0667. The van der Waals surface area contributed by atoms with Crippen molar-refractivity contribution in [1.29, 1.82) is 0 Å². The zero-order valence-corrected chi connectivity index (χ0v) is 9.60. The molecule has 2 nitrogen and oxygen atoms in total. The number of anilines is 1. The summed E-state index contributed by atoms with van der Waals surface area (Å²) in [6.07, 6.45) is 0. The largest absolute Gasteiger partial charge is 0.456 e. The van der Waals surface area contributed by atoms with Crippen molar-refractivity contribution in [2.75, 3.05) is 12.4 Å². The first-order valence-electron chi connectivity index (χ1n) is 5.63. The van der Waals surface area contributed by atoms with Crippen LogP contribution < -0.4 is 5.32 Å². The number of fused-ring (bicyclic) bond motifs is 1. The van der Waals surface area contributed by atoms with Crippen LogP contribution in [0.5, 0.6) is 0 Å². The van der Waals surface area contributed by atoms with E-state index in [1.807, 2.05) is 37.4 Å². The first-order chi connectivity index (χ1) is 8.36. The molecule has 1 heterocycles. The van der Waals surface area contributed by atoms with E-state index in [4.69, 9.17) is 4.42 Å². The van der Waals surface area contributed by atoms with Crippen molar-refractivity contribution >= 4 is 16.7 Å². The molecule has 0 saturated carbocycles. The molecule has 3 rings (SSSR count). The molecule has 0 atom stereocenters. The fourth-order valence-corrected chi connectivity index (χ4v) is 1.94. The van der Waals surface area contributed by atoms with Crippen molar-refractivity contribution in [1.82, 2.24) is 0 Å². The number of furan rings is 1. The minimum absolute atomic E-state index is 0.911. The molecule has 0 amide bonds. The standard InChI is InChI=1S/C15H13NO/c1-16-13-7-8-14-12(9-13)10-15(17-14)11-5-3-2-4-6-11/h2-10,16H,1H3. The summed E-state index contributed by atoms with van der Waals surface area (Å²) in [7, 11) is 1.92. The minimum atomic E-state index is 0.911. The van der Waals surface area contributed by atoms with Crippen LogP contribution in [0, 0.1) is 0 Å². The molecule has 0 fully saturated rings. The molecule has 84 valence electrons. The zero-order valence-electron chi connectivity index (χ0n) is 9.60. The highest BCUT2D eigenvalue weighted by atomic mass is 16.3. The second kappa shape index (κ2) is 3.98. The number of rotatable bonds is 2. The topological polar surface area (TPSA) is 25.2 Å². The molecule has 3 aromatic rings. The predicted molar refractivity (Wildman–Crippen MR) is 71.2 cm³/mol. The van der Waals surface area contributed by atoms with Crippen molar-refractivity contribution in [2.45, 2.75) is 0 Å². The quantitative estimate of drug-likeness (QED) is 0.706. The van der Waals surface area contributed by atoms with E-state index < -0.39 is 0 Å². The Bertz CT molecular complexity index is 640. The average Bonchev–Trinajstić information content (AvgIpc) is 2.82. The van der Waals surface area contributed by atoms with Gasteiger partial charge >= 0.3 is 0 Å². The van der Waals surface area contributed by atoms with Gasteiger partial charge in [-0.25, -0.2) is 0 Å². The lowest BCUT2D eigenvalue weighted by Crippen LogP contribution is -1.85. The van der Waals surface area contributed by atoms with E-state index >= 15 is 0 Å². The Balaban J connectivity index is 2.14. The molecule has 0 bridgehead atoms. The number of benzene rings is 2. The maximum atomic E-state index is 5.83. The van der Waals surface area contributed by atoms with E-state index in [1.165, 1.54) is 0 Å². The molecule has 2 aromatic carbocycles. The van der Waals surface area contributed by atoms with Gasteiger partial charge in [0.2, 0.25) is 0 Å². The Kier molecular flexibility index (Phi) is 2.33. The maximum Gasteiger partial charge on any atom is 0.135 e. The lowest BCUT2D eigenvalue weighted by Gasteiger charge is -1.97. The molecule has 0 radical (unpaired) electrons. The van der Waals surface area contributed by atoms with E-state index in [9.17, 15) is 0 Å². The molecule has 17 heavy (non-hydrogen) atoms. The van der Waals surface area contributed by atoms with Gasteiger partial charge in [-0.15, -0.1) is 0 Å². The molecule has 0 aliphatic rings. The van der Waals surface area contributed by atoms with Crippen molar-refractivity contribution in [2.24, 2.45) is 0 Å². The van der Waals surface area contributed by atoms with Gasteiger partial charge in [0.1, 0.15) is 11.3 Å². The Hall–Kier alpha value is -2.22. The summed E-state index contributed by atoms with van der Waals surface area (Å²) in [6, 6.07) is 18.3. The lowest BCUT2D eigenvalue weighted by atomic mass is 10.1. The van der Waals surface area contributed by atoms with Crippen molar-refractivity contribution in [3.05, 3.63) is 54.6 Å². The highest BCUT2D eigenvalue weighted by Gasteiger charge is 2.05. The summed E-state index contributed by atoms with van der Waals surface area (Å²) < 4.78 is 5.83. The molecular weight excluding hydrogens is 210 g/mol. The fourth-order valence-electron chi connectivity index (χ4n) is 1.94. The first kappa shape index (κ1) is 9.97.